The van der Waals surface area contributed by atoms with Gasteiger partial charge in [0.15, 0.2) is 6.04 Å². The molecule has 0 aliphatic carbocycles. The standard InChI is InChI=1S/C38H50N4O9/c1-7-49-36(47)31-30(42(31)34(45)28(22-25-15-10-8-11-16-25)40-37(48)51-38(4,5)6)32(43)39-27(21-24(2)3)33(44)41-20-14-19-29(41)35(46)50-23-26-17-12-9-13-18-26/h8-13,15-18,24,27-31H,7,14,19-23H2,1-6H3,(H,39,43)(H,40,48)/t27-,28-,29-,30-,31-,42?/m0/s1. The van der Waals surface area contributed by atoms with E-state index < -0.39 is 71.6 Å². The van der Waals surface area contributed by atoms with Crippen molar-refractivity contribution in [3.05, 3.63) is 71.8 Å². The van der Waals surface area contributed by atoms with Crippen molar-refractivity contribution >= 4 is 35.8 Å². The Morgan fingerprint density at radius 1 is 0.804 bits per heavy atom. The Kier molecular flexibility index (Phi) is 13.2. The third-order valence-corrected chi connectivity index (χ3v) is 8.49. The van der Waals surface area contributed by atoms with Gasteiger partial charge in [-0.3, -0.25) is 14.4 Å². The van der Waals surface area contributed by atoms with Crippen LogP contribution < -0.4 is 10.6 Å². The molecule has 0 radical (unpaired) electrons. The van der Waals surface area contributed by atoms with Gasteiger partial charge in [0, 0.05) is 13.0 Å². The molecule has 13 heteroatoms. The molecule has 2 aliphatic heterocycles. The van der Waals surface area contributed by atoms with E-state index in [0.29, 0.717) is 19.4 Å². The normalized spacial score (nSPS) is 19.5. The largest absolute Gasteiger partial charge is 0.464 e. The summed E-state index contributed by atoms with van der Waals surface area (Å²) in [6.07, 6.45) is 0.476. The highest BCUT2D eigenvalue weighted by atomic mass is 16.6. The molecule has 51 heavy (non-hydrogen) atoms. The Balaban J connectivity index is 1.52. The van der Waals surface area contributed by atoms with Crippen molar-refractivity contribution in [2.75, 3.05) is 13.2 Å². The smallest absolute Gasteiger partial charge is 0.408 e. The van der Waals surface area contributed by atoms with Crippen LogP contribution in [0.1, 0.15) is 71.9 Å². The van der Waals surface area contributed by atoms with Gasteiger partial charge in [-0.15, -0.1) is 0 Å². The zero-order valence-electron chi connectivity index (χ0n) is 30.3. The molecule has 2 aliphatic rings. The molecule has 2 saturated heterocycles. The Bertz CT molecular complexity index is 1540. The number of rotatable bonds is 14. The third-order valence-electron chi connectivity index (χ3n) is 8.49. The number of likely N-dealkylation sites (tertiary alicyclic amines) is 1. The molecular formula is C38H50N4O9. The maximum atomic E-state index is 14.1. The minimum absolute atomic E-state index is 0.0144. The molecular weight excluding hydrogens is 656 g/mol. The van der Waals surface area contributed by atoms with Gasteiger partial charge in [-0.05, 0) is 64.0 Å². The number of benzene rings is 2. The Hall–Kier alpha value is -4.94. The van der Waals surface area contributed by atoms with E-state index >= 15 is 0 Å². The zero-order chi connectivity index (χ0) is 37.3. The number of carbonyl (C=O) groups excluding carboxylic acids is 6. The number of alkyl carbamates (subject to hydrolysis) is 1. The van der Waals surface area contributed by atoms with Crippen LogP contribution in [0.4, 0.5) is 4.79 Å². The summed E-state index contributed by atoms with van der Waals surface area (Å²) in [5.74, 6) is -3.20. The van der Waals surface area contributed by atoms with E-state index in [0.717, 1.165) is 16.0 Å². The van der Waals surface area contributed by atoms with E-state index in [1.165, 1.54) is 4.90 Å². The molecule has 5 atom stereocenters. The van der Waals surface area contributed by atoms with E-state index in [4.69, 9.17) is 14.2 Å². The zero-order valence-corrected chi connectivity index (χ0v) is 30.3. The summed E-state index contributed by atoms with van der Waals surface area (Å²) in [6, 6.07) is 12.6. The highest BCUT2D eigenvalue weighted by molar-refractivity contribution is 6.05. The van der Waals surface area contributed by atoms with Gasteiger partial charge >= 0.3 is 18.0 Å². The van der Waals surface area contributed by atoms with E-state index in [2.05, 4.69) is 10.6 Å². The average molecular weight is 707 g/mol. The van der Waals surface area contributed by atoms with Crippen molar-refractivity contribution in [1.82, 2.24) is 20.4 Å². The lowest BCUT2D eigenvalue weighted by Crippen LogP contribution is -2.53. The first-order valence-corrected chi connectivity index (χ1v) is 17.5. The number of esters is 2. The van der Waals surface area contributed by atoms with Crippen molar-refractivity contribution in [2.24, 2.45) is 5.92 Å². The minimum Gasteiger partial charge on any atom is -0.464 e. The summed E-state index contributed by atoms with van der Waals surface area (Å²) in [7, 11) is 0. The second-order valence-corrected chi connectivity index (χ2v) is 14.2. The number of nitrogens with zero attached hydrogens (tertiary/aromatic N) is 2. The molecule has 0 aromatic heterocycles. The number of amides is 4. The minimum atomic E-state index is -1.29. The first-order chi connectivity index (χ1) is 24.2. The number of carbonyl (C=O) groups is 6. The fraction of sp³-hybridized carbons (Fsp3) is 0.526. The lowest BCUT2D eigenvalue weighted by molar-refractivity contribution is -0.155. The van der Waals surface area contributed by atoms with Gasteiger partial charge in [-0.1, -0.05) is 74.5 Å². The van der Waals surface area contributed by atoms with Crippen LogP contribution in [0, 0.1) is 5.92 Å². The summed E-state index contributed by atoms with van der Waals surface area (Å²) < 4.78 is 16.2. The van der Waals surface area contributed by atoms with Gasteiger partial charge in [-0.25, -0.2) is 14.4 Å². The first-order valence-electron chi connectivity index (χ1n) is 17.5. The van der Waals surface area contributed by atoms with Crippen LogP contribution in [0.2, 0.25) is 0 Å². The van der Waals surface area contributed by atoms with Gasteiger partial charge < -0.3 is 34.6 Å². The number of hydrogen-bond donors (Lipinski definition) is 2. The molecule has 2 fully saturated rings. The average Bonchev–Trinajstić information content (AvgIpc) is 3.64. The summed E-state index contributed by atoms with van der Waals surface area (Å²) in [6.45, 7) is 10.9. The van der Waals surface area contributed by atoms with E-state index in [-0.39, 0.29) is 32.0 Å². The molecule has 0 saturated carbocycles. The number of nitrogens with one attached hydrogen (secondary N) is 2. The van der Waals surface area contributed by atoms with E-state index in [1.54, 1.807) is 52.0 Å². The summed E-state index contributed by atoms with van der Waals surface area (Å²) >= 11 is 0. The summed E-state index contributed by atoms with van der Waals surface area (Å²) in [5, 5.41) is 5.39. The second-order valence-electron chi connectivity index (χ2n) is 14.2. The van der Waals surface area contributed by atoms with E-state index in [1.807, 2.05) is 50.2 Å². The molecule has 2 heterocycles. The Labute approximate surface area is 299 Å². The quantitative estimate of drug-likeness (QED) is 0.170. The molecule has 0 bridgehead atoms. The molecule has 0 spiro atoms. The molecule has 13 nitrogen and oxygen atoms in total. The molecule has 2 aromatic rings. The first kappa shape index (κ1) is 38.9. The summed E-state index contributed by atoms with van der Waals surface area (Å²) in [4.78, 5) is 83.6. The maximum Gasteiger partial charge on any atom is 0.408 e. The van der Waals surface area contributed by atoms with Crippen LogP contribution in [0.3, 0.4) is 0 Å². The van der Waals surface area contributed by atoms with Crippen LogP contribution in [0.25, 0.3) is 0 Å². The van der Waals surface area contributed by atoms with Crippen LogP contribution in [0.15, 0.2) is 60.7 Å². The lowest BCUT2D eigenvalue weighted by Gasteiger charge is -2.29. The van der Waals surface area contributed by atoms with Crippen LogP contribution in [-0.2, 0) is 51.2 Å². The van der Waals surface area contributed by atoms with Crippen molar-refractivity contribution in [3.8, 4) is 0 Å². The fourth-order valence-corrected chi connectivity index (χ4v) is 6.18. The number of hydrogen-bond acceptors (Lipinski definition) is 9. The highest BCUT2D eigenvalue weighted by Gasteiger charge is 2.62. The predicted octanol–water partition coefficient (Wildman–Crippen LogP) is 3.53. The van der Waals surface area contributed by atoms with Gasteiger partial charge in [0.1, 0.15) is 36.4 Å². The molecule has 2 N–H and O–H groups in total. The SMILES string of the molecule is CCOC(=O)[C@@H]1[C@@H](C(=O)N[C@@H](CC(C)C)C(=O)N2CCC[C@H]2C(=O)OCc2ccccc2)N1C(=O)[C@H](Cc1ccccc1)NC(=O)OC(C)(C)C. The van der Waals surface area contributed by atoms with Crippen molar-refractivity contribution in [1.29, 1.82) is 0 Å². The van der Waals surface area contributed by atoms with Gasteiger partial charge in [-0.2, -0.15) is 0 Å². The highest BCUT2D eigenvalue weighted by Crippen LogP contribution is 2.32. The molecule has 0 unspecified atom stereocenters. The second kappa shape index (κ2) is 17.3. The Morgan fingerprint density at radius 2 is 1.43 bits per heavy atom. The van der Waals surface area contributed by atoms with Crippen LogP contribution in [0.5, 0.6) is 0 Å². The summed E-state index contributed by atoms with van der Waals surface area (Å²) in [5.41, 5.74) is 0.705. The lowest BCUT2D eigenvalue weighted by atomic mass is 10.0. The third kappa shape index (κ3) is 10.8. The fourth-order valence-electron chi connectivity index (χ4n) is 6.18. The predicted molar refractivity (Wildman–Crippen MR) is 187 cm³/mol. The Morgan fingerprint density at radius 3 is 2.02 bits per heavy atom. The van der Waals surface area contributed by atoms with Gasteiger partial charge in [0.2, 0.25) is 17.7 Å². The molecule has 4 amide bonds. The van der Waals surface area contributed by atoms with Gasteiger partial charge in [0.05, 0.1) is 6.61 Å². The van der Waals surface area contributed by atoms with Crippen LogP contribution >= 0.6 is 0 Å². The number of ether oxygens (including phenoxy) is 3. The monoisotopic (exact) mass is 706 g/mol. The molecule has 4 rings (SSSR count). The van der Waals surface area contributed by atoms with Gasteiger partial charge in [0.25, 0.3) is 0 Å². The van der Waals surface area contributed by atoms with E-state index in [9.17, 15) is 28.8 Å². The van der Waals surface area contributed by atoms with Crippen molar-refractivity contribution in [3.63, 3.8) is 0 Å². The topological polar surface area (TPSA) is 160 Å². The van der Waals surface area contributed by atoms with Crippen LogP contribution in [-0.4, -0.2) is 94.5 Å². The van der Waals surface area contributed by atoms with Crippen molar-refractivity contribution < 1.29 is 43.0 Å². The molecule has 2 aromatic carbocycles. The molecule has 276 valence electrons. The van der Waals surface area contributed by atoms with Crippen molar-refractivity contribution in [2.45, 2.75) is 110 Å². The maximum absolute atomic E-state index is 14.1.